The van der Waals surface area contributed by atoms with Gasteiger partial charge in [0.1, 0.15) is 0 Å². The van der Waals surface area contributed by atoms with E-state index >= 15 is 0 Å². The van der Waals surface area contributed by atoms with Crippen molar-refractivity contribution in [2.45, 2.75) is 38.0 Å². The first-order valence-electron chi connectivity index (χ1n) is 24.8. The summed E-state index contributed by atoms with van der Waals surface area (Å²) in [6, 6.07) is 93.9. The molecule has 10 aromatic carbocycles. The average molecular weight is 901 g/mol. The van der Waals surface area contributed by atoms with Gasteiger partial charge in [-0.25, -0.2) is 0 Å². The molecule has 0 bridgehead atoms. The van der Waals surface area contributed by atoms with E-state index in [9.17, 15) is 0 Å². The Morgan fingerprint density at radius 3 is 1.45 bits per heavy atom. The third-order valence-electron chi connectivity index (χ3n) is 15.2. The zero-order valence-corrected chi connectivity index (χ0v) is 39.7. The minimum absolute atomic E-state index is 0.636. The van der Waals surface area contributed by atoms with Crippen LogP contribution in [0.2, 0.25) is 0 Å². The number of aromatic nitrogens is 2. The minimum Gasteiger partial charge on any atom is -0.307 e. The van der Waals surface area contributed by atoms with Crippen molar-refractivity contribution in [2.24, 2.45) is 0 Å². The lowest BCUT2D eigenvalue weighted by Crippen LogP contribution is -2.74. The Balaban J connectivity index is 1.09. The third kappa shape index (κ3) is 6.91. The first-order chi connectivity index (χ1) is 34.2. The maximum absolute atomic E-state index is 3.09. The summed E-state index contributed by atoms with van der Waals surface area (Å²) in [7, 11) is -3.09. The molecule has 0 unspecified atom stereocenters. The molecule has 330 valence electrons. The Morgan fingerprint density at radius 1 is 0.319 bits per heavy atom. The van der Waals surface area contributed by atoms with Crippen LogP contribution in [0.3, 0.4) is 0 Å². The van der Waals surface area contributed by atoms with E-state index in [2.05, 4.69) is 258 Å². The number of benzene rings is 10. The molecule has 1 fully saturated rings. The highest BCUT2D eigenvalue weighted by Gasteiger charge is 2.42. The molecule has 2 nitrogen and oxygen atoms in total. The third-order valence-corrected chi connectivity index (χ3v) is 20.0. The zero-order valence-electron chi connectivity index (χ0n) is 38.7. The van der Waals surface area contributed by atoms with Crippen LogP contribution in [0.25, 0.3) is 77.2 Å². The highest BCUT2D eigenvalue weighted by atomic mass is 28.3. The van der Waals surface area contributed by atoms with Gasteiger partial charge in [-0.2, -0.15) is 0 Å². The second kappa shape index (κ2) is 17.3. The summed E-state index contributed by atoms with van der Waals surface area (Å²) in [6.45, 7) is 0. The first kappa shape index (κ1) is 41.2. The Labute approximate surface area is 405 Å². The number of fused-ring (bicyclic) bond motifs is 6. The Hall–Kier alpha value is -7.98. The summed E-state index contributed by atoms with van der Waals surface area (Å²) in [5.41, 5.74) is 13.6. The predicted molar refractivity (Wildman–Crippen MR) is 295 cm³/mol. The molecule has 69 heavy (non-hydrogen) atoms. The lowest BCUT2D eigenvalue weighted by Gasteiger charge is -2.35. The van der Waals surface area contributed by atoms with Crippen molar-refractivity contribution >= 4 is 72.4 Å². The lowest BCUT2D eigenvalue weighted by atomic mass is 9.84. The second-order valence-corrected chi connectivity index (χ2v) is 22.9. The molecule has 0 radical (unpaired) electrons. The van der Waals surface area contributed by atoms with Crippen LogP contribution < -0.4 is 20.7 Å². The van der Waals surface area contributed by atoms with Gasteiger partial charge in [-0.3, -0.25) is 0 Å². The van der Waals surface area contributed by atoms with E-state index in [0.29, 0.717) is 5.92 Å². The Kier molecular flexibility index (Phi) is 10.3. The van der Waals surface area contributed by atoms with Crippen molar-refractivity contribution in [2.75, 3.05) is 0 Å². The Morgan fingerprint density at radius 2 is 0.797 bits per heavy atom. The molecule has 1 aliphatic rings. The van der Waals surface area contributed by atoms with Gasteiger partial charge in [0, 0.05) is 27.2 Å². The molecule has 0 saturated heterocycles. The number of nitrogens with zero attached hydrogens (tertiary/aromatic N) is 2. The SMILES string of the molecule is c1ccc(-c2cccc([Si](c3ccccc3)(c3cccc(-c4ccccc4)c3)c3cccc(-n4c5ccccc5c5cccc(-n6c7ccccc7c7cc(C8CCCCC8)ccc76)c54)c3)c2)cc1. The monoisotopic (exact) mass is 900 g/mol. The van der Waals surface area contributed by atoms with Gasteiger partial charge in [-0.15, -0.1) is 0 Å². The molecule has 3 heteroatoms. The summed E-state index contributed by atoms with van der Waals surface area (Å²) in [5, 5.41) is 10.5. The summed E-state index contributed by atoms with van der Waals surface area (Å²) in [4.78, 5) is 0. The Bertz CT molecular complexity index is 3740. The lowest BCUT2D eigenvalue weighted by molar-refractivity contribution is 0.444. The van der Waals surface area contributed by atoms with Crippen molar-refractivity contribution in [1.29, 1.82) is 0 Å². The van der Waals surface area contributed by atoms with E-state index in [4.69, 9.17) is 0 Å². The molecule has 13 rings (SSSR count). The highest BCUT2D eigenvalue weighted by molar-refractivity contribution is 7.20. The van der Waals surface area contributed by atoms with Crippen LogP contribution in [0.1, 0.15) is 43.6 Å². The summed E-state index contributed by atoms with van der Waals surface area (Å²) in [6.07, 6.45) is 6.58. The molecule has 2 aromatic heterocycles. The van der Waals surface area contributed by atoms with Crippen LogP contribution in [-0.4, -0.2) is 17.2 Å². The van der Waals surface area contributed by atoms with Gasteiger partial charge in [-0.05, 0) is 110 Å². The fourth-order valence-corrected chi connectivity index (χ4v) is 16.9. The largest absolute Gasteiger partial charge is 0.307 e. The first-order valence-corrected chi connectivity index (χ1v) is 26.8. The van der Waals surface area contributed by atoms with Crippen LogP contribution >= 0.6 is 0 Å². The summed E-state index contributed by atoms with van der Waals surface area (Å²) < 4.78 is 5.11. The molecule has 1 saturated carbocycles. The molecule has 2 heterocycles. The van der Waals surface area contributed by atoms with Crippen LogP contribution in [-0.2, 0) is 0 Å². The molecular weight excluding hydrogens is 849 g/mol. The molecular formula is C66H52N2Si. The van der Waals surface area contributed by atoms with Crippen molar-refractivity contribution in [3.63, 3.8) is 0 Å². The van der Waals surface area contributed by atoms with Crippen molar-refractivity contribution in [1.82, 2.24) is 9.13 Å². The fourth-order valence-electron chi connectivity index (χ4n) is 12.1. The van der Waals surface area contributed by atoms with Gasteiger partial charge < -0.3 is 9.13 Å². The number of rotatable bonds is 9. The topological polar surface area (TPSA) is 9.86 Å². The highest BCUT2D eigenvalue weighted by Crippen LogP contribution is 2.41. The molecule has 0 atom stereocenters. The van der Waals surface area contributed by atoms with E-state index < -0.39 is 8.07 Å². The van der Waals surface area contributed by atoms with Crippen LogP contribution in [0.4, 0.5) is 0 Å². The minimum atomic E-state index is -3.09. The van der Waals surface area contributed by atoms with E-state index in [-0.39, 0.29) is 0 Å². The van der Waals surface area contributed by atoms with Gasteiger partial charge in [0.05, 0.1) is 27.8 Å². The zero-order chi connectivity index (χ0) is 45.7. The van der Waals surface area contributed by atoms with Crippen molar-refractivity contribution < 1.29 is 0 Å². The normalized spacial score (nSPS) is 13.4. The van der Waals surface area contributed by atoms with Crippen molar-refractivity contribution in [3.05, 3.63) is 254 Å². The van der Waals surface area contributed by atoms with E-state index in [0.717, 1.165) is 5.69 Å². The average Bonchev–Trinajstić information content (AvgIpc) is 3.95. The molecule has 0 N–H and O–H groups in total. The summed E-state index contributed by atoms with van der Waals surface area (Å²) in [5.74, 6) is 0.636. The van der Waals surface area contributed by atoms with Crippen molar-refractivity contribution in [3.8, 4) is 33.6 Å². The standard InChI is InChI=1S/C66H52N2Si/c1-5-21-47(22-6-1)50-27-17-32-55(43-50)69(54-30-11-4-12-31-54,56-33-18-28-51(44-56)48-23-7-2-8-24-48)57-34-19-29-53(46-57)67-62-38-15-13-35-58(62)60-37-20-40-65(66(60)67)68-63-39-16-14-36-59(63)61-45-52(41-42-64(61)68)49-25-9-3-10-26-49/h1-2,4-8,11-24,27-46,49H,3,9-10,25-26H2. The number of hydrogen-bond donors (Lipinski definition) is 0. The van der Waals surface area contributed by atoms with E-state index in [1.54, 1.807) is 0 Å². The van der Waals surface area contributed by atoms with Gasteiger partial charge in [0.15, 0.2) is 8.07 Å². The fraction of sp³-hybridized carbons (Fsp3) is 0.0909. The second-order valence-electron chi connectivity index (χ2n) is 19.0. The van der Waals surface area contributed by atoms with Gasteiger partial charge >= 0.3 is 0 Å². The maximum atomic E-state index is 2.56. The van der Waals surface area contributed by atoms with Gasteiger partial charge in [0.2, 0.25) is 0 Å². The van der Waals surface area contributed by atoms with Gasteiger partial charge in [0.25, 0.3) is 0 Å². The maximum Gasteiger partial charge on any atom is 0.179 e. The molecule has 12 aromatic rings. The van der Waals surface area contributed by atoms with Crippen LogP contribution in [0.5, 0.6) is 0 Å². The molecule has 0 spiro atoms. The van der Waals surface area contributed by atoms with E-state index in [1.807, 2.05) is 0 Å². The smallest absolute Gasteiger partial charge is 0.179 e. The molecule has 1 aliphatic carbocycles. The summed E-state index contributed by atoms with van der Waals surface area (Å²) >= 11 is 0. The van der Waals surface area contributed by atoms with Crippen LogP contribution in [0.15, 0.2) is 249 Å². The quantitative estimate of drug-likeness (QED) is 0.101. The predicted octanol–water partition coefficient (Wildman–Crippen LogP) is 14.6. The molecule has 0 aliphatic heterocycles. The van der Waals surface area contributed by atoms with E-state index in [1.165, 1.54) is 130 Å². The van der Waals surface area contributed by atoms with Crippen LogP contribution in [0, 0.1) is 0 Å². The van der Waals surface area contributed by atoms with Gasteiger partial charge in [-0.1, -0.05) is 226 Å². The molecule has 0 amide bonds. The number of hydrogen-bond acceptors (Lipinski definition) is 0. The number of para-hydroxylation sites is 3.